The maximum Gasteiger partial charge on any atom is 0.366 e. The van der Waals surface area contributed by atoms with E-state index in [0.29, 0.717) is 5.76 Å². The minimum atomic E-state index is -0.279. The van der Waals surface area contributed by atoms with Crippen molar-refractivity contribution in [2.75, 3.05) is 6.54 Å². The molecule has 0 rings (SSSR count). The number of hydrogen-bond acceptors (Lipinski definition) is 2. The molecule has 0 aromatic rings. The van der Waals surface area contributed by atoms with E-state index in [2.05, 4.69) is 5.73 Å². The Morgan fingerprint density at radius 2 is 1.75 bits per heavy atom. The van der Waals surface area contributed by atoms with Gasteiger partial charge in [-0.05, 0) is 26.3 Å². The van der Waals surface area contributed by atoms with E-state index in [9.17, 15) is 4.79 Å². The molecule has 0 heterocycles. The molecule has 0 aliphatic heterocycles. The lowest BCUT2D eigenvalue weighted by molar-refractivity contribution is -0.359. The number of halogens is 1. The van der Waals surface area contributed by atoms with Crippen LogP contribution in [0.5, 0.6) is 0 Å². The van der Waals surface area contributed by atoms with Crippen molar-refractivity contribution in [3.63, 3.8) is 0 Å². The summed E-state index contributed by atoms with van der Waals surface area (Å²) in [5, 5.41) is 0. The molecular formula is C7H16ClNO3. The Labute approximate surface area is 78.5 Å². The Hall–Kier alpha value is -0.580. The molecule has 0 amide bonds. The third-order valence-corrected chi connectivity index (χ3v) is 1.18. The predicted octanol–water partition coefficient (Wildman–Crippen LogP) is -3.74. The molecule has 0 aromatic heterocycles. The molecule has 0 saturated heterocycles. The van der Waals surface area contributed by atoms with Gasteiger partial charge >= 0.3 is 5.97 Å². The number of esters is 1. The number of rotatable bonds is 2. The third-order valence-electron chi connectivity index (χ3n) is 1.18. The van der Waals surface area contributed by atoms with E-state index >= 15 is 0 Å². The van der Waals surface area contributed by atoms with Crippen molar-refractivity contribution < 1.29 is 33.1 Å². The van der Waals surface area contributed by atoms with Crippen molar-refractivity contribution in [3.05, 3.63) is 11.3 Å². The molecule has 74 valence electrons. The number of quaternary nitrogens is 1. The highest BCUT2D eigenvalue weighted by molar-refractivity contribution is 5.71. The first kappa shape index (κ1) is 17.5. The molecule has 0 aromatic carbocycles. The fraction of sp³-hybridized carbons (Fsp3) is 0.571. The van der Waals surface area contributed by atoms with Crippen LogP contribution in [0, 0.1) is 0 Å². The van der Waals surface area contributed by atoms with Crippen LogP contribution in [-0.4, -0.2) is 18.0 Å². The number of ether oxygens (including phenoxy) is 1. The smallest absolute Gasteiger partial charge is 0.366 e. The van der Waals surface area contributed by atoms with E-state index in [0.717, 1.165) is 5.57 Å². The normalized spacial score (nSPS) is 7.33. The first-order chi connectivity index (χ1) is 4.57. The summed E-state index contributed by atoms with van der Waals surface area (Å²) < 4.78 is 4.84. The summed E-state index contributed by atoms with van der Waals surface area (Å²) in [6.45, 7) is 5.74. The van der Waals surface area contributed by atoms with Gasteiger partial charge in [-0.3, -0.25) is 0 Å². The highest BCUT2D eigenvalue weighted by Crippen LogP contribution is 2.02. The van der Waals surface area contributed by atoms with Crippen molar-refractivity contribution in [3.8, 4) is 0 Å². The Bertz CT molecular complexity index is 164. The van der Waals surface area contributed by atoms with Gasteiger partial charge in [-0.15, -0.1) is 0 Å². The average Bonchev–Trinajstić information content (AvgIpc) is 1.87. The SMILES string of the molecule is CC(C)=C(C)OC(=O)C[NH3+].O.[Cl-]. The largest absolute Gasteiger partial charge is 1.00 e. The van der Waals surface area contributed by atoms with Crippen molar-refractivity contribution in [1.29, 1.82) is 0 Å². The topological polar surface area (TPSA) is 85.4 Å². The molecule has 0 radical (unpaired) electrons. The highest BCUT2D eigenvalue weighted by Gasteiger charge is 2.02. The number of carbonyl (C=O) groups excluding carboxylic acids is 1. The van der Waals surface area contributed by atoms with Gasteiger partial charge in [0.25, 0.3) is 0 Å². The van der Waals surface area contributed by atoms with Gasteiger partial charge in [-0.2, -0.15) is 0 Å². The molecule has 0 aliphatic carbocycles. The van der Waals surface area contributed by atoms with Gasteiger partial charge in [0, 0.05) is 0 Å². The molecule has 0 atom stereocenters. The fourth-order valence-electron chi connectivity index (χ4n) is 0.324. The quantitative estimate of drug-likeness (QED) is 0.365. The van der Waals surface area contributed by atoms with Crippen molar-refractivity contribution in [2.24, 2.45) is 0 Å². The molecule has 0 spiro atoms. The summed E-state index contributed by atoms with van der Waals surface area (Å²) in [5.74, 6) is 0.396. The Morgan fingerprint density at radius 3 is 2.00 bits per heavy atom. The maximum atomic E-state index is 10.6. The lowest BCUT2D eigenvalue weighted by atomic mass is 10.3. The summed E-state index contributed by atoms with van der Waals surface area (Å²) in [6, 6.07) is 0. The van der Waals surface area contributed by atoms with E-state index < -0.39 is 0 Å². The summed E-state index contributed by atoms with van der Waals surface area (Å²) in [4.78, 5) is 10.6. The van der Waals surface area contributed by atoms with Gasteiger partial charge in [0.2, 0.25) is 0 Å². The van der Waals surface area contributed by atoms with E-state index in [4.69, 9.17) is 4.74 Å². The maximum absolute atomic E-state index is 10.6. The van der Waals surface area contributed by atoms with Crippen molar-refractivity contribution in [1.82, 2.24) is 0 Å². The fourth-order valence-corrected chi connectivity index (χ4v) is 0.324. The van der Waals surface area contributed by atoms with Crippen LogP contribution in [0.4, 0.5) is 0 Å². The van der Waals surface area contributed by atoms with Crippen LogP contribution in [0.3, 0.4) is 0 Å². The van der Waals surface area contributed by atoms with Crippen LogP contribution in [-0.2, 0) is 9.53 Å². The number of hydrogen-bond donors (Lipinski definition) is 1. The molecular weight excluding hydrogens is 182 g/mol. The molecule has 0 saturated carbocycles. The van der Waals surface area contributed by atoms with Crippen LogP contribution in [0.2, 0.25) is 0 Å². The second kappa shape index (κ2) is 8.52. The average molecular weight is 198 g/mol. The Balaban J connectivity index is -0.000000405. The number of carbonyl (C=O) groups is 1. The Morgan fingerprint density at radius 1 is 1.33 bits per heavy atom. The summed E-state index contributed by atoms with van der Waals surface area (Å²) in [6.07, 6.45) is 0. The zero-order valence-electron chi connectivity index (χ0n) is 7.61. The lowest BCUT2D eigenvalue weighted by Gasteiger charge is -2.01. The van der Waals surface area contributed by atoms with E-state index in [-0.39, 0.29) is 30.4 Å². The molecule has 0 unspecified atom stereocenters. The lowest BCUT2D eigenvalue weighted by Crippen LogP contribution is -3.00. The molecule has 4 nitrogen and oxygen atoms in total. The van der Waals surface area contributed by atoms with E-state index in [1.165, 1.54) is 0 Å². The minimum absolute atomic E-state index is 0. The van der Waals surface area contributed by atoms with Gasteiger partial charge in [0.05, 0.1) is 0 Å². The molecule has 0 bridgehead atoms. The summed E-state index contributed by atoms with van der Waals surface area (Å²) in [7, 11) is 0. The van der Waals surface area contributed by atoms with Crippen LogP contribution in [0.15, 0.2) is 11.3 Å². The molecule has 0 aliphatic rings. The van der Waals surface area contributed by atoms with Gasteiger partial charge in [0.1, 0.15) is 5.76 Å². The van der Waals surface area contributed by atoms with E-state index in [1.54, 1.807) is 6.92 Å². The van der Waals surface area contributed by atoms with E-state index in [1.807, 2.05) is 13.8 Å². The van der Waals surface area contributed by atoms with Crippen LogP contribution in [0.1, 0.15) is 20.8 Å². The predicted molar refractivity (Wildman–Crippen MR) is 41.5 cm³/mol. The van der Waals surface area contributed by atoms with Crippen LogP contribution in [0.25, 0.3) is 0 Å². The van der Waals surface area contributed by atoms with Crippen LogP contribution >= 0.6 is 0 Å². The number of allylic oxidation sites excluding steroid dienone is 2. The molecule has 5 heteroatoms. The monoisotopic (exact) mass is 197 g/mol. The summed E-state index contributed by atoms with van der Waals surface area (Å²) in [5.41, 5.74) is 4.42. The first-order valence-electron chi connectivity index (χ1n) is 3.22. The van der Waals surface area contributed by atoms with Gasteiger partial charge in [-0.1, -0.05) is 0 Å². The molecule has 5 N–H and O–H groups in total. The third kappa shape index (κ3) is 7.53. The van der Waals surface area contributed by atoms with Gasteiger partial charge in [0.15, 0.2) is 6.54 Å². The highest BCUT2D eigenvalue weighted by atomic mass is 35.5. The van der Waals surface area contributed by atoms with Gasteiger partial charge in [-0.25, -0.2) is 4.79 Å². The Kier molecular flexibility index (Phi) is 12.4. The van der Waals surface area contributed by atoms with Crippen LogP contribution < -0.4 is 18.1 Å². The second-order valence-electron chi connectivity index (χ2n) is 2.28. The summed E-state index contributed by atoms with van der Waals surface area (Å²) >= 11 is 0. The molecule has 0 fully saturated rings. The van der Waals surface area contributed by atoms with Crippen molar-refractivity contribution in [2.45, 2.75) is 20.8 Å². The second-order valence-corrected chi connectivity index (χ2v) is 2.28. The standard InChI is InChI=1S/C7H13NO2.ClH.H2O/c1-5(2)6(3)10-7(9)4-8;;/h4,8H2,1-3H3;1H;1H2. The van der Waals surface area contributed by atoms with Gasteiger partial charge < -0.3 is 28.4 Å². The first-order valence-corrected chi connectivity index (χ1v) is 3.22. The molecule has 12 heavy (non-hydrogen) atoms. The zero-order valence-corrected chi connectivity index (χ0v) is 8.36. The zero-order chi connectivity index (χ0) is 8.15. The minimum Gasteiger partial charge on any atom is -1.00 e. The van der Waals surface area contributed by atoms with Crippen molar-refractivity contribution >= 4 is 5.97 Å².